The molecule has 2 aliphatic heterocycles. The molecule has 2 aliphatic rings. The van der Waals surface area contributed by atoms with E-state index in [0.29, 0.717) is 17.9 Å². The minimum absolute atomic E-state index is 0. The van der Waals surface area contributed by atoms with Crippen molar-refractivity contribution in [2.45, 2.75) is 51.5 Å². The molecule has 2 fully saturated rings. The molecule has 0 aromatic heterocycles. The molecular weight excluding hydrogens is 321 g/mol. The van der Waals surface area contributed by atoms with Crippen molar-refractivity contribution in [3.05, 3.63) is 0 Å². The molecule has 6 heteroatoms. The Morgan fingerprint density at radius 3 is 2.27 bits per heavy atom. The van der Waals surface area contributed by atoms with Crippen LogP contribution in [0.2, 0.25) is 0 Å². The molecule has 0 saturated carbocycles. The summed E-state index contributed by atoms with van der Waals surface area (Å²) in [7, 11) is 2.02. The molecule has 1 N–H and O–H groups in total. The number of likely N-dealkylation sites (tertiary alicyclic amines) is 1. The van der Waals surface area contributed by atoms with Crippen LogP contribution in [0.1, 0.15) is 45.4 Å². The van der Waals surface area contributed by atoms with Crippen molar-refractivity contribution < 1.29 is 4.79 Å². The van der Waals surface area contributed by atoms with E-state index in [1.807, 2.05) is 11.9 Å². The second-order valence-corrected chi connectivity index (χ2v) is 6.47. The van der Waals surface area contributed by atoms with Gasteiger partial charge in [0.1, 0.15) is 0 Å². The topological polar surface area (TPSA) is 35.6 Å². The van der Waals surface area contributed by atoms with Gasteiger partial charge in [0.25, 0.3) is 0 Å². The number of rotatable bonds is 5. The van der Waals surface area contributed by atoms with Crippen molar-refractivity contribution in [3.8, 4) is 0 Å². The van der Waals surface area contributed by atoms with E-state index in [-0.39, 0.29) is 24.8 Å². The van der Waals surface area contributed by atoms with E-state index in [4.69, 9.17) is 0 Å². The Bertz CT molecular complexity index is 304. The second kappa shape index (κ2) is 11.5. The SMILES string of the molecule is CCCN1CCC(N(C)C(=O)CC2CCNCC2)CC1.Cl.Cl. The zero-order valence-corrected chi connectivity index (χ0v) is 15.7. The molecule has 4 nitrogen and oxygen atoms in total. The average Bonchev–Trinajstić information content (AvgIpc) is 2.48. The van der Waals surface area contributed by atoms with E-state index in [0.717, 1.165) is 58.3 Å². The van der Waals surface area contributed by atoms with Crippen LogP contribution in [0.4, 0.5) is 0 Å². The highest BCUT2D eigenvalue weighted by atomic mass is 35.5. The van der Waals surface area contributed by atoms with Crippen molar-refractivity contribution in [3.63, 3.8) is 0 Å². The lowest BCUT2D eigenvalue weighted by atomic mass is 9.93. The summed E-state index contributed by atoms with van der Waals surface area (Å²) in [6, 6.07) is 0.470. The molecule has 2 saturated heterocycles. The van der Waals surface area contributed by atoms with E-state index in [1.165, 1.54) is 13.0 Å². The summed E-state index contributed by atoms with van der Waals surface area (Å²) in [5, 5.41) is 3.37. The molecule has 132 valence electrons. The van der Waals surface area contributed by atoms with Crippen LogP contribution in [0.25, 0.3) is 0 Å². The fourth-order valence-electron chi connectivity index (χ4n) is 3.53. The standard InChI is InChI=1S/C16H31N3O.2ClH/c1-3-10-19-11-6-15(7-12-19)18(2)16(20)13-14-4-8-17-9-5-14;;/h14-15,17H,3-13H2,1-2H3;2*1H. The smallest absolute Gasteiger partial charge is 0.222 e. The maximum atomic E-state index is 12.4. The van der Waals surface area contributed by atoms with Crippen LogP contribution in [0.5, 0.6) is 0 Å². The number of nitrogens with zero attached hydrogens (tertiary/aromatic N) is 2. The third-order valence-electron chi connectivity index (χ3n) is 4.96. The summed E-state index contributed by atoms with van der Waals surface area (Å²) < 4.78 is 0. The van der Waals surface area contributed by atoms with Crippen LogP contribution < -0.4 is 5.32 Å². The van der Waals surface area contributed by atoms with Gasteiger partial charge in [-0.2, -0.15) is 0 Å². The van der Waals surface area contributed by atoms with E-state index in [9.17, 15) is 4.79 Å². The molecule has 0 aliphatic carbocycles. The molecule has 0 radical (unpaired) electrons. The Hall–Kier alpha value is -0.0300. The highest BCUT2D eigenvalue weighted by Gasteiger charge is 2.26. The highest BCUT2D eigenvalue weighted by Crippen LogP contribution is 2.20. The van der Waals surface area contributed by atoms with Crippen LogP contribution >= 0.6 is 24.8 Å². The summed E-state index contributed by atoms with van der Waals surface area (Å²) in [5.74, 6) is 0.970. The Morgan fingerprint density at radius 2 is 1.73 bits per heavy atom. The van der Waals surface area contributed by atoms with Gasteiger partial charge in [0.2, 0.25) is 5.91 Å². The molecule has 2 heterocycles. The van der Waals surface area contributed by atoms with Gasteiger partial charge < -0.3 is 15.1 Å². The van der Waals surface area contributed by atoms with Crippen molar-refractivity contribution in [2.75, 3.05) is 39.8 Å². The van der Waals surface area contributed by atoms with Gasteiger partial charge in [0.15, 0.2) is 0 Å². The number of hydrogen-bond acceptors (Lipinski definition) is 3. The van der Waals surface area contributed by atoms with E-state index >= 15 is 0 Å². The Balaban J connectivity index is 0.00000220. The normalized spacial score (nSPS) is 20.8. The van der Waals surface area contributed by atoms with Gasteiger partial charge in [-0.05, 0) is 57.7 Å². The van der Waals surface area contributed by atoms with Gasteiger partial charge in [-0.25, -0.2) is 0 Å². The Kier molecular flexibility index (Phi) is 11.5. The fourth-order valence-corrected chi connectivity index (χ4v) is 3.53. The van der Waals surface area contributed by atoms with Gasteiger partial charge >= 0.3 is 0 Å². The maximum absolute atomic E-state index is 12.4. The van der Waals surface area contributed by atoms with E-state index in [2.05, 4.69) is 17.1 Å². The molecule has 0 aromatic carbocycles. The first-order valence-electron chi connectivity index (χ1n) is 8.39. The van der Waals surface area contributed by atoms with Crippen LogP contribution in [0.15, 0.2) is 0 Å². The van der Waals surface area contributed by atoms with Gasteiger partial charge in [-0.15, -0.1) is 24.8 Å². The molecular formula is C16H33Cl2N3O. The largest absolute Gasteiger partial charge is 0.343 e. The maximum Gasteiger partial charge on any atom is 0.222 e. The first kappa shape index (κ1) is 22.0. The highest BCUT2D eigenvalue weighted by molar-refractivity contribution is 5.85. The summed E-state index contributed by atoms with van der Waals surface area (Å²) >= 11 is 0. The zero-order chi connectivity index (χ0) is 14.4. The van der Waals surface area contributed by atoms with Crippen LogP contribution in [-0.4, -0.2) is 61.5 Å². The zero-order valence-electron chi connectivity index (χ0n) is 14.1. The number of amides is 1. The molecule has 0 aromatic rings. The lowest BCUT2D eigenvalue weighted by Crippen LogP contribution is -2.46. The number of halogens is 2. The molecule has 1 amide bonds. The summed E-state index contributed by atoms with van der Waals surface area (Å²) in [6.07, 6.45) is 6.61. The molecule has 0 atom stereocenters. The predicted molar refractivity (Wildman–Crippen MR) is 97.2 cm³/mol. The Labute approximate surface area is 148 Å². The van der Waals surface area contributed by atoms with Gasteiger partial charge in [-0.1, -0.05) is 6.92 Å². The van der Waals surface area contributed by atoms with Crippen LogP contribution in [0, 0.1) is 5.92 Å². The van der Waals surface area contributed by atoms with E-state index in [1.54, 1.807) is 0 Å². The molecule has 0 bridgehead atoms. The first-order valence-corrected chi connectivity index (χ1v) is 8.39. The number of hydrogen-bond donors (Lipinski definition) is 1. The van der Waals surface area contributed by atoms with Crippen molar-refractivity contribution in [2.24, 2.45) is 5.92 Å². The van der Waals surface area contributed by atoms with Crippen molar-refractivity contribution in [1.29, 1.82) is 0 Å². The summed E-state index contributed by atoms with van der Waals surface area (Å²) in [5.41, 5.74) is 0. The minimum Gasteiger partial charge on any atom is -0.343 e. The number of carbonyl (C=O) groups excluding carboxylic acids is 1. The van der Waals surface area contributed by atoms with Crippen LogP contribution in [0.3, 0.4) is 0 Å². The molecule has 2 rings (SSSR count). The minimum atomic E-state index is 0. The van der Waals surface area contributed by atoms with Crippen molar-refractivity contribution in [1.82, 2.24) is 15.1 Å². The quantitative estimate of drug-likeness (QED) is 0.824. The van der Waals surface area contributed by atoms with Crippen LogP contribution in [-0.2, 0) is 4.79 Å². The summed E-state index contributed by atoms with van der Waals surface area (Å²) in [6.45, 7) is 7.92. The number of carbonyl (C=O) groups is 1. The monoisotopic (exact) mass is 353 g/mol. The first-order chi connectivity index (χ1) is 9.70. The third-order valence-corrected chi connectivity index (χ3v) is 4.96. The van der Waals surface area contributed by atoms with Gasteiger partial charge in [-0.3, -0.25) is 4.79 Å². The number of nitrogens with one attached hydrogen (secondary N) is 1. The third kappa shape index (κ3) is 6.61. The second-order valence-electron chi connectivity index (χ2n) is 6.47. The molecule has 0 unspecified atom stereocenters. The number of piperidine rings is 2. The van der Waals surface area contributed by atoms with Gasteiger partial charge in [0.05, 0.1) is 0 Å². The Morgan fingerprint density at radius 1 is 1.14 bits per heavy atom. The fraction of sp³-hybridized carbons (Fsp3) is 0.938. The lowest BCUT2D eigenvalue weighted by Gasteiger charge is -2.37. The average molecular weight is 354 g/mol. The van der Waals surface area contributed by atoms with Gasteiger partial charge in [0, 0.05) is 32.6 Å². The molecule has 22 heavy (non-hydrogen) atoms. The summed E-state index contributed by atoms with van der Waals surface area (Å²) in [4.78, 5) is 17.0. The predicted octanol–water partition coefficient (Wildman–Crippen LogP) is 2.55. The van der Waals surface area contributed by atoms with Crippen molar-refractivity contribution >= 4 is 30.7 Å². The molecule has 0 spiro atoms. The lowest BCUT2D eigenvalue weighted by molar-refractivity contribution is -0.134. The van der Waals surface area contributed by atoms with E-state index < -0.39 is 0 Å².